The summed E-state index contributed by atoms with van der Waals surface area (Å²) < 4.78 is 13.4. The fraction of sp³-hybridized carbons (Fsp3) is 0.167. The lowest BCUT2D eigenvalue weighted by molar-refractivity contribution is 0.0934. The Labute approximate surface area is 102 Å². The van der Waals surface area contributed by atoms with Crippen LogP contribution in [0.15, 0.2) is 24.4 Å². The van der Waals surface area contributed by atoms with E-state index in [1.54, 1.807) is 25.3 Å². The van der Waals surface area contributed by atoms with Crippen molar-refractivity contribution in [2.45, 2.75) is 13.1 Å². The molecule has 0 aliphatic carbocycles. The van der Waals surface area contributed by atoms with Crippen molar-refractivity contribution in [1.29, 1.82) is 0 Å². The number of H-pyrrole nitrogens is 1. The van der Waals surface area contributed by atoms with Gasteiger partial charge in [0.25, 0.3) is 5.91 Å². The van der Waals surface area contributed by atoms with Crippen LogP contribution in [0, 0.1) is 12.7 Å². The summed E-state index contributed by atoms with van der Waals surface area (Å²) >= 11 is 0. The van der Waals surface area contributed by atoms with Crippen LogP contribution in [0.2, 0.25) is 0 Å². The lowest BCUT2D eigenvalue weighted by atomic mass is 10.1. The van der Waals surface area contributed by atoms with Crippen LogP contribution in [-0.4, -0.2) is 16.1 Å². The maximum atomic E-state index is 13.4. The molecule has 1 unspecified atom stereocenters. The topological polar surface area (TPSA) is 69.8 Å². The minimum absolute atomic E-state index is 0.303. The summed E-state index contributed by atoms with van der Waals surface area (Å²) in [4.78, 5) is 11.9. The highest BCUT2D eigenvalue weighted by Gasteiger charge is 2.26. The number of aryl methyl sites for hydroxylation is 1. The van der Waals surface area contributed by atoms with Crippen LogP contribution in [-0.2, 0) is 0 Å². The van der Waals surface area contributed by atoms with Crippen molar-refractivity contribution in [3.8, 4) is 0 Å². The van der Waals surface area contributed by atoms with Crippen LogP contribution in [0.5, 0.6) is 0 Å². The summed E-state index contributed by atoms with van der Waals surface area (Å²) in [6.07, 6.45) is 1.23. The number of fused-ring (bicyclic) bond motifs is 1. The zero-order valence-corrected chi connectivity index (χ0v) is 9.62. The van der Waals surface area contributed by atoms with Crippen molar-refractivity contribution in [2.24, 2.45) is 0 Å². The first-order valence-electron chi connectivity index (χ1n) is 5.52. The number of hydrogen-bond donors (Lipinski definition) is 3. The summed E-state index contributed by atoms with van der Waals surface area (Å²) in [5.41, 5.74) is 2.18. The molecular formula is C12H11FN4O. The van der Waals surface area contributed by atoms with E-state index in [0.717, 1.165) is 5.69 Å². The van der Waals surface area contributed by atoms with E-state index in [0.29, 0.717) is 16.8 Å². The number of benzene rings is 1. The fourth-order valence-electron chi connectivity index (χ4n) is 1.97. The van der Waals surface area contributed by atoms with Crippen molar-refractivity contribution in [3.05, 3.63) is 47.0 Å². The maximum Gasteiger partial charge on any atom is 0.255 e. The molecule has 1 aromatic heterocycles. The van der Waals surface area contributed by atoms with E-state index in [1.165, 1.54) is 6.07 Å². The summed E-state index contributed by atoms with van der Waals surface area (Å²) in [5.74, 6) is -0.687. The SMILES string of the molecule is Cc1cc2c(cc1F)C(=O)NC(c1ccn[nH]1)N2. The molecule has 0 saturated carbocycles. The standard InChI is InChI=1S/C12H11FN4O/c1-6-4-10-7(5-8(6)13)12(18)16-11(15-10)9-2-3-14-17-9/h2-5,11,15H,1H3,(H,14,17)(H,16,18). The first-order valence-corrected chi connectivity index (χ1v) is 5.52. The molecule has 3 rings (SSSR count). The number of carbonyl (C=O) groups is 1. The number of aromatic nitrogens is 2. The minimum atomic E-state index is -0.384. The van der Waals surface area contributed by atoms with Crippen molar-refractivity contribution in [3.63, 3.8) is 0 Å². The second-order valence-corrected chi connectivity index (χ2v) is 4.21. The van der Waals surface area contributed by atoms with Gasteiger partial charge in [0.15, 0.2) is 0 Å². The molecule has 0 bridgehead atoms. The number of aromatic amines is 1. The average Bonchev–Trinajstić information content (AvgIpc) is 2.85. The third-order valence-corrected chi connectivity index (χ3v) is 2.95. The Balaban J connectivity index is 2.02. The number of amides is 1. The highest BCUT2D eigenvalue weighted by molar-refractivity contribution is 6.01. The van der Waals surface area contributed by atoms with Gasteiger partial charge < -0.3 is 10.6 Å². The molecule has 92 valence electrons. The quantitative estimate of drug-likeness (QED) is 0.717. The van der Waals surface area contributed by atoms with Gasteiger partial charge >= 0.3 is 0 Å². The lowest BCUT2D eigenvalue weighted by Crippen LogP contribution is -2.38. The van der Waals surface area contributed by atoms with Crippen molar-refractivity contribution in [1.82, 2.24) is 15.5 Å². The summed E-state index contributed by atoms with van der Waals surface area (Å²) in [5, 5.41) is 12.5. The second kappa shape index (κ2) is 3.83. The molecule has 2 aromatic rings. The molecule has 0 saturated heterocycles. The summed E-state index contributed by atoms with van der Waals surface area (Å²) in [6, 6.07) is 4.64. The van der Waals surface area contributed by atoms with E-state index >= 15 is 0 Å². The van der Waals surface area contributed by atoms with Gasteiger partial charge in [0.2, 0.25) is 0 Å². The monoisotopic (exact) mass is 246 g/mol. The van der Waals surface area contributed by atoms with E-state index < -0.39 is 0 Å². The second-order valence-electron chi connectivity index (χ2n) is 4.21. The molecule has 2 heterocycles. The number of rotatable bonds is 1. The normalized spacial score (nSPS) is 17.9. The zero-order chi connectivity index (χ0) is 12.7. The van der Waals surface area contributed by atoms with Gasteiger partial charge in [-0.2, -0.15) is 5.10 Å². The number of nitrogens with one attached hydrogen (secondary N) is 3. The van der Waals surface area contributed by atoms with Crippen LogP contribution in [0.4, 0.5) is 10.1 Å². The number of halogens is 1. The van der Waals surface area contributed by atoms with Crippen LogP contribution in [0.1, 0.15) is 27.8 Å². The lowest BCUT2D eigenvalue weighted by Gasteiger charge is -2.27. The third kappa shape index (κ3) is 1.62. The van der Waals surface area contributed by atoms with E-state index in [2.05, 4.69) is 20.8 Å². The van der Waals surface area contributed by atoms with Crippen molar-refractivity contribution < 1.29 is 9.18 Å². The molecule has 3 N–H and O–H groups in total. The molecule has 1 aromatic carbocycles. The van der Waals surface area contributed by atoms with Gasteiger partial charge in [-0.25, -0.2) is 4.39 Å². The van der Waals surface area contributed by atoms with Crippen LogP contribution in [0.3, 0.4) is 0 Å². The Kier molecular flexibility index (Phi) is 2.29. The minimum Gasteiger partial charge on any atom is -0.360 e. The van der Waals surface area contributed by atoms with E-state index in [4.69, 9.17) is 0 Å². The van der Waals surface area contributed by atoms with Gasteiger partial charge in [-0.3, -0.25) is 9.89 Å². The molecule has 0 spiro atoms. The van der Waals surface area contributed by atoms with Crippen LogP contribution < -0.4 is 10.6 Å². The summed E-state index contributed by atoms with van der Waals surface area (Å²) in [7, 11) is 0. The number of carbonyl (C=O) groups excluding carboxylic acids is 1. The highest BCUT2D eigenvalue weighted by Crippen LogP contribution is 2.27. The Hall–Kier alpha value is -2.37. The van der Waals surface area contributed by atoms with E-state index in [-0.39, 0.29) is 17.9 Å². The van der Waals surface area contributed by atoms with Gasteiger partial charge in [-0.1, -0.05) is 0 Å². The van der Waals surface area contributed by atoms with Gasteiger partial charge in [-0.05, 0) is 30.7 Å². The van der Waals surface area contributed by atoms with Gasteiger partial charge in [-0.15, -0.1) is 0 Å². The number of hydrogen-bond acceptors (Lipinski definition) is 3. The Morgan fingerprint density at radius 1 is 1.33 bits per heavy atom. The average molecular weight is 246 g/mol. The molecule has 6 heteroatoms. The Morgan fingerprint density at radius 2 is 2.17 bits per heavy atom. The molecule has 5 nitrogen and oxygen atoms in total. The first kappa shape index (κ1) is 10.8. The molecule has 1 amide bonds. The fourth-order valence-corrected chi connectivity index (χ4v) is 1.97. The highest BCUT2D eigenvalue weighted by atomic mass is 19.1. The molecule has 18 heavy (non-hydrogen) atoms. The Morgan fingerprint density at radius 3 is 2.89 bits per heavy atom. The molecule has 1 atom stereocenters. The number of nitrogens with zero attached hydrogens (tertiary/aromatic N) is 1. The van der Waals surface area contributed by atoms with Crippen LogP contribution in [0.25, 0.3) is 0 Å². The van der Waals surface area contributed by atoms with Gasteiger partial charge in [0.05, 0.1) is 11.3 Å². The van der Waals surface area contributed by atoms with Gasteiger partial charge in [0.1, 0.15) is 12.0 Å². The molecule has 1 aliphatic rings. The Bertz CT molecular complexity index is 609. The third-order valence-electron chi connectivity index (χ3n) is 2.95. The first-order chi connectivity index (χ1) is 8.65. The molecule has 1 aliphatic heterocycles. The van der Waals surface area contributed by atoms with E-state index in [1.807, 2.05) is 0 Å². The predicted octanol–water partition coefficient (Wildman–Crippen LogP) is 1.71. The van der Waals surface area contributed by atoms with E-state index in [9.17, 15) is 9.18 Å². The van der Waals surface area contributed by atoms with Crippen LogP contribution >= 0.6 is 0 Å². The maximum absolute atomic E-state index is 13.4. The van der Waals surface area contributed by atoms with Crippen molar-refractivity contribution >= 4 is 11.6 Å². The molecule has 0 radical (unpaired) electrons. The molecular weight excluding hydrogens is 235 g/mol. The smallest absolute Gasteiger partial charge is 0.255 e. The zero-order valence-electron chi connectivity index (χ0n) is 9.62. The summed E-state index contributed by atoms with van der Waals surface area (Å²) in [6.45, 7) is 1.66. The van der Waals surface area contributed by atoms with Crippen molar-refractivity contribution in [2.75, 3.05) is 5.32 Å². The predicted molar refractivity (Wildman–Crippen MR) is 63.6 cm³/mol. The molecule has 0 fully saturated rings. The number of anilines is 1. The largest absolute Gasteiger partial charge is 0.360 e. The van der Waals surface area contributed by atoms with Gasteiger partial charge in [0, 0.05) is 11.9 Å².